The molecular weight excluding hydrogens is 230 g/mol. The zero-order valence-corrected chi connectivity index (χ0v) is 10.7. The van der Waals surface area contributed by atoms with Crippen LogP contribution in [-0.2, 0) is 6.54 Å². The lowest BCUT2D eigenvalue weighted by atomic mass is 9.97. The summed E-state index contributed by atoms with van der Waals surface area (Å²) in [5.41, 5.74) is 17.2. The van der Waals surface area contributed by atoms with Gasteiger partial charge in [0.2, 0.25) is 11.9 Å². The van der Waals surface area contributed by atoms with Gasteiger partial charge in [0.15, 0.2) is 0 Å². The molecule has 0 radical (unpaired) electrons. The molecule has 0 amide bonds. The fourth-order valence-corrected chi connectivity index (χ4v) is 2.52. The quantitative estimate of drug-likeness (QED) is 0.676. The highest BCUT2D eigenvalue weighted by Crippen LogP contribution is 2.20. The Labute approximate surface area is 107 Å². The molecule has 0 spiro atoms. The Bertz CT molecular complexity index is 386. The van der Waals surface area contributed by atoms with E-state index in [0.717, 1.165) is 13.0 Å². The lowest BCUT2D eigenvalue weighted by Gasteiger charge is -2.37. The smallest absolute Gasteiger partial charge is 0.225 e. The second-order valence-electron chi connectivity index (χ2n) is 4.86. The van der Waals surface area contributed by atoms with Crippen molar-refractivity contribution in [2.24, 2.45) is 5.73 Å². The topological polar surface area (TPSA) is 120 Å². The summed E-state index contributed by atoms with van der Waals surface area (Å²) < 4.78 is 0. The third kappa shape index (κ3) is 3.05. The third-order valence-electron chi connectivity index (χ3n) is 3.33. The summed E-state index contributed by atoms with van der Waals surface area (Å²) in [6.07, 6.45) is 3.52. The maximum Gasteiger partial charge on any atom is 0.225 e. The van der Waals surface area contributed by atoms with Gasteiger partial charge in [-0.1, -0.05) is 6.42 Å². The molecule has 1 fully saturated rings. The van der Waals surface area contributed by atoms with Gasteiger partial charge in [0.25, 0.3) is 0 Å². The molecule has 0 aliphatic carbocycles. The van der Waals surface area contributed by atoms with Gasteiger partial charge in [-0.05, 0) is 26.3 Å². The zero-order valence-electron chi connectivity index (χ0n) is 10.7. The van der Waals surface area contributed by atoms with E-state index >= 15 is 0 Å². The molecule has 7 heteroatoms. The maximum atomic E-state index is 6.03. The van der Waals surface area contributed by atoms with Crippen molar-refractivity contribution in [3.63, 3.8) is 0 Å². The molecule has 1 aliphatic rings. The molecule has 1 aromatic heterocycles. The molecule has 0 aromatic carbocycles. The van der Waals surface area contributed by atoms with Gasteiger partial charge in [-0.3, -0.25) is 4.90 Å². The summed E-state index contributed by atoms with van der Waals surface area (Å²) in [6, 6.07) is 0.514. The normalized spacial score (nSPS) is 22.9. The highest BCUT2D eigenvalue weighted by molar-refractivity contribution is 5.25. The first-order chi connectivity index (χ1) is 8.56. The molecule has 1 saturated heterocycles. The maximum absolute atomic E-state index is 6.03. The van der Waals surface area contributed by atoms with E-state index < -0.39 is 0 Å². The average molecular weight is 251 g/mol. The standard InChI is InChI=1S/C11H21N7/c1-7(12)8-4-2-3-5-18(8)6-9-15-10(13)17-11(14)16-9/h7-8H,2-6,12H2,1H3,(H4,13,14,15,16,17). The molecule has 1 aromatic rings. The van der Waals surface area contributed by atoms with Gasteiger partial charge >= 0.3 is 0 Å². The number of aromatic nitrogens is 3. The number of rotatable bonds is 3. The summed E-state index contributed by atoms with van der Waals surface area (Å²) in [6.45, 7) is 3.68. The van der Waals surface area contributed by atoms with Gasteiger partial charge in [-0.25, -0.2) is 0 Å². The van der Waals surface area contributed by atoms with Gasteiger partial charge in [0.05, 0.1) is 6.54 Å². The number of anilines is 2. The fraction of sp³-hybridized carbons (Fsp3) is 0.727. The van der Waals surface area contributed by atoms with E-state index in [0.29, 0.717) is 18.4 Å². The van der Waals surface area contributed by atoms with E-state index in [4.69, 9.17) is 17.2 Å². The summed E-state index contributed by atoms with van der Waals surface area (Å²) in [5, 5.41) is 0. The van der Waals surface area contributed by atoms with Gasteiger partial charge in [-0.15, -0.1) is 0 Å². The molecular formula is C11H21N7. The zero-order chi connectivity index (χ0) is 13.1. The van der Waals surface area contributed by atoms with Crippen LogP contribution in [0, 0.1) is 0 Å². The van der Waals surface area contributed by atoms with Crippen molar-refractivity contribution in [2.75, 3.05) is 18.0 Å². The molecule has 2 rings (SSSR count). The molecule has 2 unspecified atom stereocenters. The molecule has 0 bridgehead atoms. The minimum absolute atomic E-state index is 0.141. The number of hydrogen-bond donors (Lipinski definition) is 3. The number of piperidine rings is 1. The largest absolute Gasteiger partial charge is 0.368 e. The Hall–Kier alpha value is -1.47. The Morgan fingerprint density at radius 1 is 1.22 bits per heavy atom. The SMILES string of the molecule is CC(N)C1CCCCN1Cc1nc(N)nc(N)n1. The summed E-state index contributed by atoms with van der Waals surface area (Å²) >= 11 is 0. The minimum atomic E-state index is 0.141. The Morgan fingerprint density at radius 2 is 1.89 bits per heavy atom. The Balaban J connectivity index is 2.10. The van der Waals surface area contributed by atoms with Crippen LogP contribution in [0.4, 0.5) is 11.9 Å². The molecule has 100 valence electrons. The first-order valence-corrected chi connectivity index (χ1v) is 6.32. The van der Waals surface area contributed by atoms with E-state index in [2.05, 4.69) is 19.9 Å². The van der Waals surface area contributed by atoms with E-state index in [1.165, 1.54) is 12.8 Å². The van der Waals surface area contributed by atoms with Crippen molar-refractivity contribution in [3.8, 4) is 0 Å². The number of nitrogen functional groups attached to an aromatic ring is 2. The molecule has 6 N–H and O–H groups in total. The fourth-order valence-electron chi connectivity index (χ4n) is 2.52. The predicted octanol–water partition coefficient (Wildman–Crippen LogP) is -0.262. The number of nitrogens with two attached hydrogens (primary N) is 3. The van der Waals surface area contributed by atoms with E-state index in [1.807, 2.05) is 6.92 Å². The summed E-state index contributed by atoms with van der Waals surface area (Å²) in [4.78, 5) is 14.3. The molecule has 2 atom stereocenters. The lowest BCUT2D eigenvalue weighted by Crippen LogP contribution is -2.48. The van der Waals surface area contributed by atoms with Crippen LogP contribution in [0.5, 0.6) is 0 Å². The second kappa shape index (κ2) is 5.45. The molecule has 18 heavy (non-hydrogen) atoms. The van der Waals surface area contributed by atoms with Crippen LogP contribution in [0.3, 0.4) is 0 Å². The van der Waals surface area contributed by atoms with Crippen LogP contribution < -0.4 is 17.2 Å². The Kier molecular flexibility index (Phi) is 3.93. The van der Waals surface area contributed by atoms with Crippen molar-refractivity contribution in [2.45, 2.75) is 44.8 Å². The van der Waals surface area contributed by atoms with Crippen molar-refractivity contribution in [3.05, 3.63) is 5.82 Å². The molecule has 2 heterocycles. The minimum Gasteiger partial charge on any atom is -0.368 e. The van der Waals surface area contributed by atoms with Crippen LogP contribution in [0.1, 0.15) is 32.0 Å². The second-order valence-corrected chi connectivity index (χ2v) is 4.86. The van der Waals surface area contributed by atoms with Crippen LogP contribution in [0.25, 0.3) is 0 Å². The Morgan fingerprint density at radius 3 is 2.50 bits per heavy atom. The van der Waals surface area contributed by atoms with Crippen LogP contribution >= 0.6 is 0 Å². The average Bonchev–Trinajstić information content (AvgIpc) is 2.27. The molecule has 7 nitrogen and oxygen atoms in total. The van der Waals surface area contributed by atoms with Crippen molar-refractivity contribution in [1.29, 1.82) is 0 Å². The van der Waals surface area contributed by atoms with Gasteiger partial charge < -0.3 is 17.2 Å². The summed E-state index contributed by atoms with van der Waals surface area (Å²) in [7, 11) is 0. The highest BCUT2D eigenvalue weighted by atomic mass is 15.2. The van der Waals surface area contributed by atoms with E-state index in [-0.39, 0.29) is 17.9 Å². The van der Waals surface area contributed by atoms with Crippen molar-refractivity contribution in [1.82, 2.24) is 19.9 Å². The van der Waals surface area contributed by atoms with Crippen LogP contribution in [0.2, 0.25) is 0 Å². The first kappa shape index (κ1) is 13.0. The van der Waals surface area contributed by atoms with E-state index in [1.54, 1.807) is 0 Å². The third-order valence-corrected chi connectivity index (χ3v) is 3.33. The molecule has 1 aliphatic heterocycles. The van der Waals surface area contributed by atoms with Crippen LogP contribution in [-0.4, -0.2) is 38.5 Å². The predicted molar refractivity (Wildman–Crippen MR) is 70.4 cm³/mol. The summed E-state index contributed by atoms with van der Waals surface area (Å²) in [5.74, 6) is 0.964. The van der Waals surface area contributed by atoms with Gasteiger partial charge in [-0.2, -0.15) is 15.0 Å². The first-order valence-electron chi connectivity index (χ1n) is 6.32. The number of likely N-dealkylation sites (tertiary alicyclic amines) is 1. The van der Waals surface area contributed by atoms with Crippen LogP contribution in [0.15, 0.2) is 0 Å². The van der Waals surface area contributed by atoms with Crippen molar-refractivity contribution >= 4 is 11.9 Å². The van der Waals surface area contributed by atoms with Gasteiger partial charge in [0.1, 0.15) is 5.82 Å². The number of hydrogen-bond acceptors (Lipinski definition) is 7. The van der Waals surface area contributed by atoms with Gasteiger partial charge in [0, 0.05) is 12.1 Å². The van der Waals surface area contributed by atoms with Crippen molar-refractivity contribution < 1.29 is 0 Å². The number of nitrogens with zero attached hydrogens (tertiary/aromatic N) is 4. The highest BCUT2D eigenvalue weighted by Gasteiger charge is 2.26. The monoisotopic (exact) mass is 251 g/mol. The lowest BCUT2D eigenvalue weighted by molar-refractivity contribution is 0.120. The molecule has 0 saturated carbocycles. The van der Waals surface area contributed by atoms with E-state index in [9.17, 15) is 0 Å².